The molecule has 0 spiro atoms. The molecule has 0 saturated carbocycles. The number of benzene rings is 1. The van der Waals surface area contributed by atoms with Crippen molar-refractivity contribution in [2.75, 3.05) is 26.2 Å². The van der Waals surface area contributed by atoms with Crippen molar-refractivity contribution in [3.63, 3.8) is 0 Å². The van der Waals surface area contributed by atoms with Crippen LogP contribution in [-0.4, -0.2) is 37.0 Å². The van der Waals surface area contributed by atoms with E-state index in [-0.39, 0.29) is 12.5 Å². The van der Waals surface area contributed by atoms with E-state index in [9.17, 15) is 4.79 Å². The molecule has 0 radical (unpaired) electrons. The first-order chi connectivity index (χ1) is 9.71. The fourth-order valence-electron chi connectivity index (χ4n) is 1.93. The van der Waals surface area contributed by atoms with Gasteiger partial charge in [-0.2, -0.15) is 0 Å². The van der Waals surface area contributed by atoms with Crippen LogP contribution in [0, 0.1) is 0 Å². The molecule has 20 heavy (non-hydrogen) atoms. The average Bonchev–Trinajstić information content (AvgIpc) is 2.48. The lowest BCUT2D eigenvalue weighted by molar-refractivity contribution is -0.132. The van der Waals surface area contributed by atoms with Crippen molar-refractivity contribution in [2.24, 2.45) is 0 Å². The third kappa shape index (κ3) is 5.61. The van der Waals surface area contributed by atoms with E-state index in [0.29, 0.717) is 0 Å². The Balaban J connectivity index is 2.39. The Labute approximate surface area is 122 Å². The van der Waals surface area contributed by atoms with Gasteiger partial charge in [0.15, 0.2) is 6.61 Å². The number of amides is 1. The molecule has 0 saturated heterocycles. The number of hydrogen-bond donors (Lipinski definition) is 1. The molecule has 1 aromatic carbocycles. The van der Waals surface area contributed by atoms with E-state index < -0.39 is 0 Å². The largest absolute Gasteiger partial charge is 0.484 e. The zero-order valence-electron chi connectivity index (χ0n) is 12.8. The number of nitrogens with zero attached hydrogens (tertiary/aromatic N) is 1. The summed E-state index contributed by atoms with van der Waals surface area (Å²) in [6.45, 7) is 9.54. The minimum Gasteiger partial charge on any atom is -0.484 e. The number of nitrogens with one attached hydrogen (secondary N) is 1. The monoisotopic (exact) mass is 278 g/mol. The zero-order valence-corrected chi connectivity index (χ0v) is 12.8. The van der Waals surface area contributed by atoms with Crippen molar-refractivity contribution in [3.05, 3.63) is 29.8 Å². The average molecular weight is 278 g/mol. The zero-order chi connectivity index (χ0) is 14.8. The molecule has 0 aromatic heterocycles. The van der Waals surface area contributed by atoms with Crippen LogP contribution < -0.4 is 10.1 Å². The van der Waals surface area contributed by atoms with E-state index in [4.69, 9.17) is 4.74 Å². The fraction of sp³-hybridized carbons (Fsp3) is 0.562. The Hall–Kier alpha value is -1.55. The molecule has 4 nitrogen and oxygen atoms in total. The second-order valence-corrected chi connectivity index (χ2v) is 4.68. The minimum atomic E-state index is 0.0312. The molecule has 0 aliphatic heterocycles. The summed E-state index contributed by atoms with van der Waals surface area (Å²) < 4.78 is 5.52. The maximum atomic E-state index is 11.8. The van der Waals surface area contributed by atoms with E-state index >= 15 is 0 Å². The van der Waals surface area contributed by atoms with E-state index in [2.05, 4.69) is 12.2 Å². The topological polar surface area (TPSA) is 41.6 Å². The maximum absolute atomic E-state index is 11.8. The van der Waals surface area contributed by atoms with Gasteiger partial charge in [0.1, 0.15) is 5.75 Å². The van der Waals surface area contributed by atoms with E-state index in [1.165, 1.54) is 5.56 Å². The number of likely N-dealkylation sites (N-methyl/N-ethyl adjacent to an activating group) is 1. The molecular formula is C16H26N2O2. The molecule has 112 valence electrons. The van der Waals surface area contributed by atoms with Gasteiger partial charge in [-0.15, -0.1) is 0 Å². The van der Waals surface area contributed by atoms with Crippen molar-refractivity contribution >= 4 is 5.91 Å². The molecule has 4 heteroatoms. The minimum absolute atomic E-state index is 0.0312. The molecule has 0 aliphatic rings. The van der Waals surface area contributed by atoms with Crippen molar-refractivity contribution in [1.29, 1.82) is 0 Å². The van der Waals surface area contributed by atoms with Crippen LogP contribution in [0.5, 0.6) is 5.75 Å². The number of rotatable bonds is 9. The number of carbonyl (C=O) groups is 1. The summed E-state index contributed by atoms with van der Waals surface area (Å²) >= 11 is 0. The molecule has 0 aliphatic carbocycles. The van der Waals surface area contributed by atoms with Crippen LogP contribution in [0.2, 0.25) is 0 Å². The highest BCUT2D eigenvalue weighted by atomic mass is 16.5. The number of ether oxygens (including phenoxy) is 1. The first kappa shape index (κ1) is 16.5. The molecule has 0 heterocycles. The Bertz CT molecular complexity index is 386. The first-order valence-electron chi connectivity index (χ1n) is 7.41. The van der Waals surface area contributed by atoms with Gasteiger partial charge in [0.25, 0.3) is 5.91 Å². The van der Waals surface area contributed by atoms with Crippen LogP contribution in [0.3, 0.4) is 0 Å². The standard InChI is InChI=1S/C16H26N2O2/c1-4-11-17-12-14-7-9-15(10-8-14)20-13-16(19)18(5-2)6-3/h7-10,17H,4-6,11-13H2,1-3H3. The second-order valence-electron chi connectivity index (χ2n) is 4.68. The van der Waals surface area contributed by atoms with Crippen LogP contribution in [0.4, 0.5) is 0 Å². The number of hydrogen-bond acceptors (Lipinski definition) is 3. The van der Waals surface area contributed by atoms with Gasteiger partial charge in [-0.05, 0) is 44.5 Å². The number of carbonyl (C=O) groups excluding carboxylic acids is 1. The van der Waals surface area contributed by atoms with Crippen LogP contribution in [0.25, 0.3) is 0 Å². The van der Waals surface area contributed by atoms with Crippen molar-refractivity contribution in [2.45, 2.75) is 33.7 Å². The van der Waals surface area contributed by atoms with Crippen molar-refractivity contribution in [3.8, 4) is 5.75 Å². The summed E-state index contributed by atoms with van der Waals surface area (Å²) in [5, 5.41) is 3.35. The lowest BCUT2D eigenvalue weighted by Crippen LogP contribution is -2.34. The summed E-state index contributed by atoms with van der Waals surface area (Å²) in [4.78, 5) is 13.6. The normalized spacial score (nSPS) is 10.3. The van der Waals surface area contributed by atoms with Gasteiger partial charge >= 0.3 is 0 Å². The quantitative estimate of drug-likeness (QED) is 0.705. The Morgan fingerprint density at radius 2 is 1.80 bits per heavy atom. The van der Waals surface area contributed by atoms with Gasteiger partial charge in [-0.25, -0.2) is 0 Å². The molecular weight excluding hydrogens is 252 g/mol. The highest BCUT2D eigenvalue weighted by molar-refractivity contribution is 5.77. The van der Waals surface area contributed by atoms with Gasteiger partial charge in [0.2, 0.25) is 0 Å². The third-order valence-corrected chi connectivity index (χ3v) is 3.16. The third-order valence-electron chi connectivity index (χ3n) is 3.16. The predicted octanol–water partition coefficient (Wildman–Crippen LogP) is 2.43. The summed E-state index contributed by atoms with van der Waals surface area (Å²) in [7, 11) is 0. The molecule has 0 unspecified atom stereocenters. The van der Waals surface area contributed by atoms with Crippen LogP contribution >= 0.6 is 0 Å². The predicted molar refractivity (Wildman–Crippen MR) is 81.9 cm³/mol. The molecule has 1 rings (SSSR count). The summed E-state index contributed by atoms with van der Waals surface area (Å²) in [6, 6.07) is 7.89. The molecule has 0 atom stereocenters. The summed E-state index contributed by atoms with van der Waals surface area (Å²) in [5.41, 5.74) is 1.22. The highest BCUT2D eigenvalue weighted by Crippen LogP contribution is 2.12. The smallest absolute Gasteiger partial charge is 0.260 e. The highest BCUT2D eigenvalue weighted by Gasteiger charge is 2.09. The molecule has 1 amide bonds. The van der Waals surface area contributed by atoms with Gasteiger partial charge < -0.3 is 15.0 Å². The van der Waals surface area contributed by atoms with E-state index in [1.807, 2.05) is 38.1 Å². The van der Waals surface area contributed by atoms with E-state index in [0.717, 1.165) is 38.3 Å². The summed E-state index contributed by atoms with van der Waals surface area (Å²) in [5.74, 6) is 0.772. The SMILES string of the molecule is CCCNCc1ccc(OCC(=O)N(CC)CC)cc1. The lowest BCUT2D eigenvalue weighted by atomic mass is 10.2. The van der Waals surface area contributed by atoms with E-state index in [1.54, 1.807) is 4.90 Å². The molecule has 1 N–H and O–H groups in total. The molecule has 0 bridgehead atoms. The van der Waals surface area contributed by atoms with Gasteiger partial charge in [0.05, 0.1) is 0 Å². The Morgan fingerprint density at radius 1 is 1.15 bits per heavy atom. The van der Waals surface area contributed by atoms with Gasteiger partial charge in [-0.3, -0.25) is 4.79 Å². The Morgan fingerprint density at radius 3 is 2.35 bits per heavy atom. The van der Waals surface area contributed by atoms with Crippen molar-refractivity contribution < 1.29 is 9.53 Å². The van der Waals surface area contributed by atoms with Gasteiger partial charge in [0, 0.05) is 19.6 Å². The maximum Gasteiger partial charge on any atom is 0.260 e. The van der Waals surface area contributed by atoms with Gasteiger partial charge in [-0.1, -0.05) is 19.1 Å². The summed E-state index contributed by atoms with van der Waals surface area (Å²) in [6.07, 6.45) is 1.13. The lowest BCUT2D eigenvalue weighted by Gasteiger charge is -2.18. The van der Waals surface area contributed by atoms with Crippen LogP contribution in [0.1, 0.15) is 32.8 Å². The van der Waals surface area contributed by atoms with Crippen LogP contribution in [0.15, 0.2) is 24.3 Å². The fourth-order valence-corrected chi connectivity index (χ4v) is 1.93. The molecule has 1 aromatic rings. The molecule has 0 fully saturated rings. The second kappa shape index (κ2) is 9.37. The Kier molecular flexibility index (Phi) is 7.73. The van der Waals surface area contributed by atoms with Crippen molar-refractivity contribution in [1.82, 2.24) is 10.2 Å². The first-order valence-corrected chi connectivity index (χ1v) is 7.41. The van der Waals surface area contributed by atoms with Crippen LogP contribution in [-0.2, 0) is 11.3 Å².